The van der Waals surface area contributed by atoms with Crippen LogP contribution in [0.5, 0.6) is 0 Å². The highest BCUT2D eigenvalue weighted by molar-refractivity contribution is 5.00. The Morgan fingerprint density at radius 2 is 1.67 bits per heavy atom. The summed E-state index contributed by atoms with van der Waals surface area (Å²) in [4.78, 5) is 2.79. The molecule has 0 aromatic heterocycles. The lowest BCUT2D eigenvalue weighted by Gasteiger charge is -2.47. The third-order valence-electron chi connectivity index (χ3n) is 4.91. The first kappa shape index (κ1) is 16.0. The SMILES string of the molecule is CCCCC(NCC)C(CC)(CC)N1CCCC1. The Kier molecular flexibility index (Phi) is 7.25. The Hall–Kier alpha value is -0.0800. The summed E-state index contributed by atoms with van der Waals surface area (Å²) in [5.41, 5.74) is 0.404. The number of likely N-dealkylation sites (tertiary alicyclic amines) is 1. The van der Waals surface area contributed by atoms with Gasteiger partial charge in [-0.3, -0.25) is 4.90 Å². The van der Waals surface area contributed by atoms with Crippen molar-refractivity contribution >= 4 is 0 Å². The van der Waals surface area contributed by atoms with Crippen LogP contribution < -0.4 is 5.32 Å². The summed E-state index contributed by atoms with van der Waals surface area (Å²) in [5, 5.41) is 3.80. The Balaban J connectivity index is 2.81. The summed E-state index contributed by atoms with van der Waals surface area (Å²) in [7, 11) is 0. The van der Waals surface area contributed by atoms with E-state index in [1.54, 1.807) is 0 Å². The second kappa shape index (κ2) is 8.16. The molecule has 2 heteroatoms. The maximum absolute atomic E-state index is 3.80. The fourth-order valence-electron chi connectivity index (χ4n) is 3.79. The molecule has 2 nitrogen and oxygen atoms in total. The van der Waals surface area contributed by atoms with Crippen molar-refractivity contribution in [2.75, 3.05) is 19.6 Å². The van der Waals surface area contributed by atoms with E-state index in [1.807, 2.05) is 0 Å². The topological polar surface area (TPSA) is 15.3 Å². The van der Waals surface area contributed by atoms with Crippen LogP contribution in [0.2, 0.25) is 0 Å². The fourth-order valence-corrected chi connectivity index (χ4v) is 3.79. The Morgan fingerprint density at radius 3 is 2.11 bits per heavy atom. The third-order valence-corrected chi connectivity index (χ3v) is 4.91. The van der Waals surface area contributed by atoms with E-state index in [0.29, 0.717) is 11.6 Å². The molecule has 1 unspecified atom stereocenters. The van der Waals surface area contributed by atoms with E-state index in [2.05, 4.69) is 37.9 Å². The molecule has 1 heterocycles. The van der Waals surface area contributed by atoms with Gasteiger partial charge in [0, 0.05) is 11.6 Å². The number of nitrogens with zero attached hydrogens (tertiary/aromatic N) is 1. The summed E-state index contributed by atoms with van der Waals surface area (Å²) in [6, 6.07) is 0.676. The molecule has 0 spiro atoms. The largest absolute Gasteiger partial charge is 0.312 e. The van der Waals surface area contributed by atoms with Crippen molar-refractivity contribution in [3.8, 4) is 0 Å². The minimum atomic E-state index is 0.404. The van der Waals surface area contributed by atoms with Gasteiger partial charge in [0.05, 0.1) is 0 Å². The molecule has 1 N–H and O–H groups in total. The number of unbranched alkanes of at least 4 members (excludes halogenated alkanes) is 1. The zero-order valence-corrected chi connectivity index (χ0v) is 13.1. The molecule has 0 bridgehead atoms. The Labute approximate surface area is 115 Å². The van der Waals surface area contributed by atoms with Gasteiger partial charge < -0.3 is 5.32 Å². The third kappa shape index (κ3) is 3.48. The first-order chi connectivity index (χ1) is 8.75. The normalized spacial score (nSPS) is 19.3. The van der Waals surface area contributed by atoms with Crippen LogP contribution in [0, 0.1) is 0 Å². The van der Waals surface area contributed by atoms with Crippen molar-refractivity contribution in [2.45, 2.75) is 84.2 Å². The maximum Gasteiger partial charge on any atom is 0.0357 e. The molecule has 1 rings (SSSR count). The van der Waals surface area contributed by atoms with Crippen molar-refractivity contribution in [1.82, 2.24) is 10.2 Å². The molecular weight excluding hydrogens is 220 g/mol. The molecule has 0 radical (unpaired) electrons. The number of rotatable bonds is 9. The highest BCUT2D eigenvalue weighted by Crippen LogP contribution is 2.33. The molecule has 18 heavy (non-hydrogen) atoms. The average Bonchev–Trinajstić information content (AvgIpc) is 2.92. The van der Waals surface area contributed by atoms with E-state index in [1.165, 1.54) is 58.0 Å². The molecule has 0 aromatic carbocycles. The van der Waals surface area contributed by atoms with Gasteiger partial charge in [-0.2, -0.15) is 0 Å². The van der Waals surface area contributed by atoms with Crippen LogP contribution in [0.25, 0.3) is 0 Å². The Bertz CT molecular complexity index is 205. The van der Waals surface area contributed by atoms with Crippen LogP contribution in [0.15, 0.2) is 0 Å². The molecule has 1 aliphatic rings. The lowest BCUT2D eigenvalue weighted by molar-refractivity contribution is 0.0583. The monoisotopic (exact) mass is 254 g/mol. The summed E-state index contributed by atoms with van der Waals surface area (Å²) < 4.78 is 0. The summed E-state index contributed by atoms with van der Waals surface area (Å²) in [5.74, 6) is 0. The Morgan fingerprint density at radius 1 is 1.06 bits per heavy atom. The van der Waals surface area contributed by atoms with Gasteiger partial charge in [-0.05, 0) is 51.7 Å². The number of hydrogen-bond donors (Lipinski definition) is 1. The van der Waals surface area contributed by atoms with Gasteiger partial charge in [-0.1, -0.05) is 40.5 Å². The first-order valence-electron chi connectivity index (χ1n) is 8.23. The molecule has 0 saturated carbocycles. The van der Waals surface area contributed by atoms with Gasteiger partial charge in [0.2, 0.25) is 0 Å². The molecule has 1 atom stereocenters. The van der Waals surface area contributed by atoms with Crippen LogP contribution in [0.4, 0.5) is 0 Å². The van der Waals surface area contributed by atoms with E-state index in [-0.39, 0.29) is 0 Å². The quantitative estimate of drug-likeness (QED) is 0.673. The van der Waals surface area contributed by atoms with Gasteiger partial charge in [0.1, 0.15) is 0 Å². The minimum absolute atomic E-state index is 0.404. The van der Waals surface area contributed by atoms with E-state index in [4.69, 9.17) is 0 Å². The highest BCUT2D eigenvalue weighted by atomic mass is 15.2. The number of hydrogen-bond acceptors (Lipinski definition) is 2. The zero-order chi connectivity index (χ0) is 13.4. The summed E-state index contributed by atoms with van der Waals surface area (Å²) in [6.45, 7) is 13.1. The highest BCUT2D eigenvalue weighted by Gasteiger charge is 2.41. The van der Waals surface area contributed by atoms with Crippen molar-refractivity contribution in [2.24, 2.45) is 0 Å². The molecule has 1 fully saturated rings. The van der Waals surface area contributed by atoms with E-state index in [9.17, 15) is 0 Å². The molecule has 108 valence electrons. The lowest BCUT2D eigenvalue weighted by Crippen LogP contribution is -2.60. The molecule has 1 saturated heterocycles. The zero-order valence-electron chi connectivity index (χ0n) is 13.1. The standard InChI is InChI=1S/C16H34N2/c1-5-9-12-15(17-8-4)16(6-2,7-3)18-13-10-11-14-18/h15,17H,5-14H2,1-4H3. The van der Waals surface area contributed by atoms with Gasteiger partial charge in [-0.25, -0.2) is 0 Å². The lowest BCUT2D eigenvalue weighted by atomic mass is 9.80. The van der Waals surface area contributed by atoms with Gasteiger partial charge in [0.15, 0.2) is 0 Å². The molecular formula is C16H34N2. The molecule has 0 aliphatic carbocycles. The predicted octanol–water partition coefficient (Wildman–Crippen LogP) is 3.81. The van der Waals surface area contributed by atoms with Crippen LogP contribution in [0.1, 0.15) is 72.6 Å². The molecule has 0 aromatic rings. The first-order valence-corrected chi connectivity index (χ1v) is 8.23. The van der Waals surface area contributed by atoms with Crippen LogP contribution >= 0.6 is 0 Å². The fraction of sp³-hybridized carbons (Fsp3) is 1.00. The van der Waals surface area contributed by atoms with Crippen LogP contribution in [-0.2, 0) is 0 Å². The second-order valence-electron chi connectivity index (χ2n) is 5.76. The predicted molar refractivity (Wildman–Crippen MR) is 81.1 cm³/mol. The van der Waals surface area contributed by atoms with Gasteiger partial charge in [-0.15, -0.1) is 0 Å². The van der Waals surface area contributed by atoms with Gasteiger partial charge >= 0.3 is 0 Å². The van der Waals surface area contributed by atoms with E-state index >= 15 is 0 Å². The van der Waals surface area contributed by atoms with E-state index in [0.717, 1.165) is 6.54 Å². The smallest absolute Gasteiger partial charge is 0.0357 e. The van der Waals surface area contributed by atoms with Crippen molar-refractivity contribution in [3.63, 3.8) is 0 Å². The molecule has 0 amide bonds. The van der Waals surface area contributed by atoms with E-state index < -0.39 is 0 Å². The molecule has 1 aliphatic heterocycles. The second-order valence-corrected chi connectivity index (χ2v) is 5.76. The van der Waals surface area contributed by atoms with Crippen molar-refractivity contribution in [1.29, 1.82) is 0 Å². The van der Waals surface area contributed by atoms with Crippen LogP contribution in [0.3, 0.4) is 0 Å². The van der Waals surface area contributed by atoms with Crippen molar-refractivity contribution < 1.29 is 0 Å². The maximum atomic E-state index is 3.80. The average molecular weight is 254 g/mol. The number of nitrogens with one attached hydrogen (secondary N) is 1. The minimum Gasteiger partial charge on any atom is -0.312 e. The van der Waals surface area contributed by atoms with Gasteiger partial charge in [0.25, 0.3) is 0 Å². The number of likely N-dealkylation sites (N-methyl/N-ethyl adjacent to an activating group) is 1. The van der Waals surface area contributed by atoms with Crippen molar-refractivity contribution in [3.05, 3.63) is 0 Å². The summed E-state index contributed by atoms with van der Waals surface area (Å²) >= 11 is 0. The summed E-state index contributed by atoms with van der Waals surface area (Å²) in [6.07, 6.45) is 9.36. The van der Waals surface area contributed by atoms with Crippen LogP contribution in [-0.4, -0.2) is 36.1 Å².